The minimum absolute atomic E-state index is 0.117. The van der Waals surface area contributed by atoms with E-state index in [9.17, 15) is 18.7 Å². The van der Waals surface area contributed by atoms with Crippen LogP contribution in [0.15, 0.2) is 46.3 Å². The van der Waals surface area contributed by atoms with Crippen LogP contribution < -0.4 is 11.5 Å². The van der Waals surface area contributed by atoms with Gasteiger partial charge in [-0.15, -0.1) is 0 Å². The summed E-state index contributed by atoms with van der Waals surface area (Å²) in [4.78, 5) is 11.3. The molecule has 0 aromatic rings. The Morgan fingerprint density at radius 1 is 1.26 bits per heavy atom. The average molecular weight is 328 g/mol. The van der Waals surface area contributed by atoms with Gasteiger partial charge in [-0.3, -0.25) is 4.79 Å². The maximum atomic E-state index is 13.8. The smallest absolute Gasteiger partial charge is 0.315 e. The van der Waals surface area contributed by atoms with Crippen molar-refractivity contribution >= 4 is 5.97 Å². The van der Waals surface area contributed by atoms with E-state index in [2.05, 4.69) is 0 Å². The van der Waals surface area contributed by atoms with E-state index in [1.165, 1.54) is 26.8 Å². The predicted octanol–water partition coefficient (Wildman–Crippen LogP) is 4.07. The van der Waals surface area contributed by atoms with Crippen molar-refractivity contribution in [1.29, 1.82) is 0 Å². The van der Waals surface area contributed by atoms with Gasteiger partial charge >= 0.3 is 5.97 Å². The molecular weight excluding hydrogens is 302 g/mol. The Bertz CT molecular complexity index is 581. The van der Waals surface area contributed by atoms with E-state index in [-0.39, 0.29) is 17.0 Å². The number of carboxylic acids is 1. The highest BCUT2D eigenvalue weighted by Gasteiger charge is 2.32. The summed E-state index contributed by atoms with van der Waals surface area (Å²) in [5.41, 5.74) is 10.6. The molecule has 0 aromatic carbocycles. The van der Waals surface area contributed by atoms with Gasteiger partial charge in [-0.05, 0) is 45.8 Å². The standard InChI is InChI=1S/C17H26F2N2O2/c1-6-8-11(15(21)17(4,5)16(22)23)9-13(20)14(10(3)18)12(19)7-2/h7,9H,6,8,20-21H2,1-5H3,(H,22,23)/b12-7+,13-9-,14-10-,15-11-. The molecule has 0 aliphatic rings. The molecule has 23 heavy (non-hydrogen) atoms. The van der Waals surface area contributed by atoms with Gasteiger partial charge in [0.1, 0.15) is 17.1 Å². The molecule has 0 bridgehead atoms. The lowest BCUT2D eigenvalue weighted by Gasteiger charge is -2.23. The van der Waals surface area contributed by atoms with Crippen LogP contribution >= 0.6 is 0 Å². The third-order valence-corrected chi connectivity index (χ3v) is 3.53. The van der Waals surface area contributed by atoms with Gasteiger partial charge in [0, 0.05) is 11.4 Å². The van der Waals surface area contributed by atoms with Crippen molar-refractivity contribution in [3.63, 3.8) is 0 Å². The van der Waals surface area contributed by atoms with Crippen molar-refractivity contribution in [2.75, 3.05) is 0 Å². The van der Waals surface area contributed by atoms with Gasteiger partial charge < -0.3 is 16.6 Å². The quantitative estimate of drug-likeness (QED) is 0.615. The molecule has 0 atom stereocenters. The molecule has 0 spiro atoms. The molecule has 4 nitrogen and oxygen atoms in total. The molecular formula is C17H26F2N2O2. The molecule has 0 fully saturated rings. The highest BCUT2D eigenvalue weighted by molar-refractivity contribution is 5.77. The zero-order chi connectivity index (χ0) is 18.4. The first kappa shape index (κ1) is 20.9. The molecule has 0 radical (unpaired) electrons. The summed E-state index contributed by atoms with van der Waals surface area (Å²) in [5, 5.41) is 9.28. The van der Waals surface area contributed by atoms with E-state index in [0.717, 1.165) is 13.0 Å². The molecule has 5 N–H and O–H groups in total. The van der Waals surface area contributed by atoms with Gasteiger partial charge in [0.25, 0.3) is 0 Å². The summed E-state index contributed by atoms with van der Waals surface area (Å²) in [7, 11) is 0. The number of hydrogen-bond acceptors (Lipinski definition) is 3. The van der Waals surface area contributed by atoms with Crippen molar-refractivity contribution in [1.82, 2.24) is 0 Å². The molecule has 0 amide bonds. The van der Waals surface area contributed by atoms with Crippen molar-refractivity contribution in [3.05, 3.63) is 46.3 Å². The van der Waals surface area contributed by atoms with Gasteiger partial charge in [-0.1, -0.05) is 19.4 Å². The van der Waals surface area contributed by atoms with Crippen LogP contribution in [0.4, 0.5) is 8.78 Å². The van der Waals surface area contributed by atoms with E-state index < -0.39 is 23.0 Å². The number of halogens is 2. The van der Waals surface area contributed by atoms with E-state index in [0.29, 0.717) is 18.4 Å². The number of rotatable bonds is 7. The Balaban J connectivity index is 6.21. The summed E-state index contributed by atoms with van der Waals surface area (Å²) < 4.78 is 27.4. The van der Waals surface area contributed by atoms with Crippen LogP contribution in [0.5, 0.6) is 0 Å². The molecule has 130 valence electrons. The summed E-state index contributed by atoms with van der Waals surface area (Å²) in [5.74, 6) is -2.64. The summed E-state index contributed by atoms with van der Waals surface area (Å²) in [6.45, 7) is 7.35. The molecule has 0 aliphatic carbocycles. The van der Waals surface area contributed by atoms with Gasteiger partial charge in [0.2, 0.25) is 0 Å². The highest BCUT2D eigenvalue weighted by Crippen LogP contribution is 2.30. The molecule has 0 saturated heterocycles. The van der Waals surface area contributed by atoms with Gasteiger partial charge in [-0.25, -0.2) is 8.78 Å². The Morgan fingerprint density at radius 2 is 1.78 bits per heavy atom. The SMILES string of the molecule is C\C=C(F)/C(C(/N)=C/C(CCC)=C(\N)C(C)(C)C(=O)O)=C(\C)F. The molecule has 0 heterocycles. The third-order valence-electron chi connectivity index (χ3n) is 3.53. The first-order valence-electron chi connectivity index (χ1n) is 7.39. The maximum Gasteiger partial charge on any atom is 0.315 e. The summed E-state index contributed by atoms with van der Waals surface area (Å²) in [6, 6.07) is 0. The van der Waals surface area contributed by atoms with Crippen molar-refractivity contribution in [2.45, 2.75) is 47.5 Å². The van der Waals surface area contributed by atoms with Crippen molar-refractivity contribution < 1.29 is 18.7 Å². The number of allylic oxidation sites excluding steroid dienone is 5. The molecule has 0 unspecified atom stereocenters. The van der Waals surface area contributed by atoms with Gasteiger partial charge in [0.05, 0.1) is 5.57 Å². The van der Waals surface area contributed by atoms with E-state index in [1.54, 1.807) is 0 Å². The number of carboxylic acid groups (broad SMARTS) is 1. The van der Waals surface area contributed by atoms with E-state index >= 15 is 0 Å². The predicted molar refractivity (Wildman–Crippen MR) is 88.5 cm³/mol. The van der Waals surface area contributed by atoms with Crippen LogP contribution in [0.1, 0.15) is 47.5 Å². The number of carbonyl (C=O) groups is 1. The normalized spacial score (nSPS) is 16.0. The summed E-state index contributed by atoms with van der Waals surface area (Å²) in [6.07, 6.45) is 3.58. The van der Waals surface area contributed by atoms with Gasteiger partial charge in [0.15, 0.2) is 0 Å². The average Bonchev–Trinajstić information content (AvgIpc) is 2.45. The fraction of sp³-hybridized carbons (Fsp3) is 0.471. The minimum Gasteiger partial charge on any atom is -0.481 e. The lowest BCUT2D eigenvalue weighted by Crippen LogP contribution is -2.31. The second kappa shape index (κ2) is 8.50. The number of nitrogens with two attached hydrogens (primary N) is 2. The number of aliphatic carboxylic acids is 1. The van der Waals surface area contributed by atoms with Crippen LogP contribution in [0.25, 0.3) is 0 Å². The Hall–Kier alpha value is -2.11. The molecule has 0 aliphatic heterocycles. The van der Waals surface area contributed by atoms with Crippen LogP contribution in [0.3, 0.4) is 0 Å². The van der Waals surface area contributed by atoms with E-state index in [1.807, 2.05) is 6.92 Å². The third kappa shape index (κ3) is 5.23. The molecule has 0 aromatic heterocycles. The first-order chi connectivity index (χ1) is 10.5. The topological polar surface area (TPSA) is 89.3 Å². The lowest BCUT2D eigenvalue weighted by atomic mass is 9.85. The summed E-state index contributed by atoms with van der Waals surface area (Å²) >= 11 is 0. The highest BCUT2D eigenvalue weighted by atomic mass is 19.1. The molecule has 0 rings (SSSR count). The van der Waals surface area contributed by atoms with Crippen molar-refractivity contribution in [3.8, 4) is 0 Å². The lowest BCUT2D eigenvalue weighted by molar-refractivity contribution is -0.144. The Morgan fingerprint density at radius 3 is 2.13 bits per heavy atom. The van der Waals surface area contributed by atoms with Crippen LogP contribution in [0.2, 0.25) is 0 Å². The zero-order valence-corrected chi connectivity index (χ0v) is 14.3. The fourth-order valence-corrected chi connectivity index (χ4v) is 1.98. The second-order valence-corrected chi connectivity index (χ2v) is 5.76. The largest absolute Gasteiger partial charge is 0.481 e. The zero-order valence-electron chi connectivity index (χ0n) is 14.3. The van der Waals surface area contributed by atoms with Gasteiger partial charge in [-0.2, -0.15) is 0 Å². The second-order valence-electron chi connectivity index (χ2n) is 5.76. The maximum absolute atomic E-state index is 13.8. The first-order valence-corrected chi connectivity index (χ1v) is 7.39. The van der Waals surface area contributed by atoms with Crippen LogP contribution in [0, 0.1) is 5.41 Å². The fourth-order valence-electron chi connectivity index (χ4n) is 1.98. The monoisotopic (exact) mass is 328 g/mol. The molecule has 6 heteroatoms. The Kier molecular flexibility index (Phi) is 7.72. The van der Waals surface area contributed by atoms with Crippen LogP contribution in [-0.4, -0.2) is 11.1 Å². The minimum atomic E-state index is -1.31. The number of hydrogen-bond donors (Lipinski definition) is 3. The van der Waals surface area contributed by atoms with E-state index in [4.69, 9.17) is 11.5 Å². The van der Waals surface area contributed by atoms with Crippen molar-refractivity contribution in [2.24, 2.45) is 16.9 Å². The Labute approximate surface area is 136 Å². The molecule has 0 saturated carbocycles. The van der Waals surface area contributed by atoms with Crippen LogP contribution in [-0.2, 0) is 4.79 Å².